The maximum absolute atomic E-state index is 13.5. The highest BCUT2D eigenvalue weighted by Crippen LogP contribution is 2.31. The van der Waals surface area contributed by atoms with Gasteiger partial charge in [0.2, 0.25) is 0 Å². The zero-order valence-electron chi connectivity index (χ0n) is 19.8. The first-order chi connectivity index (χ1) is 15.9. The number of nitriles is 1. The van der Waals surface area contributed by atoms with Crippen molar-refractivity contribution in [3.63, 3.8) is 0 Å². The third-order valence-electron chi connectivity index (χ3n) is 6.48. The van der Waals surface area contributed by atoms with E-state index in [4.69, 9.17) is 10.00 Å². The van der Waals surface area contributed by atoms with Crippen molar-refractivity contribution in [2.24, 2.45) is 5.92 Å². The van der Waals surface area contributed by atoms with Crippen molar-refractivity contribution in [3.8, 4) is 17.5 Å². The number of methoxy groups -OCH3 is 1. The van der Waals surface area contributed by atoms with Gasteiger partial charge in [0.15, 0.2) is 5.78 Å². The molecule has 1 aliphatic heterocycles. The number of ketones is 1. The fourth-order valence-corrected chi connectivity index (χ4v) is 4.85. The summed E-state index contributed by atoms with van der Waals surface area (Å²) < 4.78 is 7.43. The molecule has 0 atom stereocenters. The number of hydrogen-bond donors (Lipinski definition) is 0. The topological polar surface area (TPSA) is 74.4 Å². The van der Waals surface area contributed by atoms with Gasteiger partial charge in [-0.05, 0) is 77.1 Å². The van der Waals surface area contributed by atoms with Crippen molar-refractivity contribution in [2.75, 3.05) is 47.4 Å². The molecule has 2 aromatic heterocycles. The molecule has 1 saturated heterocycles. The minimum absolute atomic E-state index is 0.0913. The first-order valence-corrected chi connectivity index (χ1v) is 11.4. The second-order valence-electron chi connectivity index (χ2n) is 9.10. The van der Waals surface area contributed by atoms with Crippen LogP contribution < -0.4 is 4.74 Å². The molecule has 0 amide bonds. The smallest absolute Gasteiger partial charge is 0.180 e. The van der Waals surface area contributed by atoms with E-state index in [1.54, 1.807) is 25.4 Å². The number of fused-ring (bicyclic) bond motifs is 1. The Morgan fingerprint density at radius 1 is 1.24 bits per heavy atom. The highest BCUT2D eigenvalue weighted by molar-refractivity contribution is 6.09. The monoisotopic (exact) mass is 445 g/mol. The molecule has 1 fully saturated rings. The lowest BCUT2D eigenvalue weighted by molar-refractivity contribution is 0.0886. The summed E-state index contributed by atoms with van der Waals surface area (Å²) in [6.45, 7) is 5.35. The predicted octanol–water partition coefficient (Wildman–Crippen LogP) is 3.67. The maximum Gasteiger partial charge on any atom is 0.180 e. The van der Waals surface area contributed by atoms with Gasteiger partial charge in [0.05, 0.1) is 48.1 Å². The van der Waals surface area contributed by atoms with Crippen LogP contribution in [0.25, 0.3) is 16.7 Å². The first-order valence-electron chi connectivity index (χ1n) is 11.4. The molecule has 0 aliphatic carbocycles. The molecule has 172 valence electrons. The summed E-state index contributed by atoms with van der Waals surface area (Å²) in [5.41, 5.74) is 4.50. The van der Waals surface area contributed by atoms with Crippen LogP contribution in [0, 0.1) is 24.2 Å². The Labute approximate surface area is 195 Å². The number of piperidine rings is 1. The molecule has 1 aliphatic rings. The van der Waals surface area contributed by atoms with Gasteiger partial charge in [-0.2, -0.15) is 5.26 Å². The highest BCUT2D eigenvalue weighted by atomic mass is 16.5. The molecule has 0 spiro atoms. The second kappa shape index (κ2) is 9.74. The summed E-state index contributed by atoms with van der Waals surface area (Å²) in [6.07, 6.45) is 3.90. The van der Waals surface area contributed by atoms with Crippen molar-refractivity contribution in [2.45, 2.75) is 19.8 Å². The quantitative estimate of drug-likeness (QED) is 0.517. The molecule has 4 rings (SSSR count). The standard InChI is InChI=1S/C26H31N5O2/c1-18-25(24(32)17-30-11-9-20(10-12-30)16-29(2)3)26-23(13-22(33-4)15-28-26)31(18)21-7-5-19(14-27)6-8-21/h5-8,13,15,20H,9-12,16-17H2,1-4H3. The van der Waals surface area contributed by atoms with E-state index in [9.17, 15) is 4.79 Å². The predicted molar refractivity (Wildman–Crippen MR) is 129 cm³/mol. The minimum atomic E-state index is 0.0913. The van der Waals surface area contributed by atoms with Gasteiger partial charge in [0.25, 0.3) is 0 Å². The number of rotatable bonds is 7. The molecule has 0 saturated carbocycles. The summed E-state index contributed by atoms with van der Waals surface area (Å²) >= 11 is 0. The van der Waals surface area contributed by atoms with E-state index >= 15 is 0 Å². The molecule has 0 unspecified atom stereocenters. The first kappa shape index (κ1) is 23.0. The number of carbonyl (C=O) groups is 1. The maximum atomic E-state index is 13.5. The van der Waals surface area contributed by atoms with Gasteiger partial charge in [0, 0.05) is 24.0 Å². The van der Waals surface area contributed by atoms with Gasteiger partial charge < -0.3 is 14.2 Å². The van der Waals surface area contributed by atoms with Gasteiger partial charge in [-0.15, -0.1) is 0 Å². The molecule has 7 heteroatoms. The molecule has 3 heterocycles. The molecule has 1 aromatic carbocycles. The third-order valence-corrected chi connectivity index (χ3v) is 6.48. The van der Waals surface area contributed by atoms with Gasteiger partial charge in [-0.3, -0.25) is 9.69 Å². The fourth-order valence-electron chi connectivity index (χ4n) is 4.85. The number of hydrogen-bond acceptors (Lipinski definition) is 6. The molecule has 3 aromatic rings. The lowest BCUT2D eigenvalue weighted by Crippen LogP contribution is -2.39. The largest absolute Gasteiger partial charge is 0.495 e. The fraction of sp³-hybridized carbons (Fsp3) is 0.423. The van der Waals surface area contributed by atoms with E-state index < -0.39 is 0 Å². The average Bonchev–Trinajstić information content (AvgIpc) is 3.11. The van der Waals surface area contributed by atoms with Crippen molar-refractivity contribution in [1.82, 2.24) is 19.4 Å². The Bertz CT molecular complexity index is 1180. The molecule has 33 heavy (non-hydrogen) atoms. The van der Waals surface area contributed by atoms with E-state index in [0.717, 1.165) is 49.4 Å². The molecule has 0 radical (unpaired) electrons. The summed E-state index contributed by atoms with van der Waals surface area (Å²) in [6, 6.07) is 11.4. The molecule has 7 nitrogen and oxygen atoms in total. The number of Topliss-reactive ketones (excluding diaryl/α,β-unsaturated/α-hetero) is 1. The lowest BCUT2D eigenvalue weighted by Gasteiger charge is -2.32. The van der Waals surface area contributed by atoms with Crippen molar-refractivity contribution >= 4 is 16.8 Å². The average molecular weight is 446 g/mol. The SMILES string of the molecule is COc1cnc2c(C(=O)CN3CCC(CN(C)C)CC3)c(C)n(-c3ccc(C#N)cc3)c2c1. The Morgan fingerprint density at radius 3 is 2.55 bits per heavy atom. The van der Waals surface area contributed by atoms with E-state index in [1.807, 2.05) is 29.7 Å². The van der Waals surface area contributed by atoms with Crippen LogP contribution in [-0.2, 0) is 0 Å². The number of nitrogens with zero attached hydrogens (tertiary/aromatic N) is 5. The van der Waals surface area contributed by atoms with Gasteiger partial charge >= 0.3 is 0 Å². The third kappa shape index (κ3) is 4.77. The Balaban J connectivity index is 1.65. The van der Waals surface area contributed by atoms with Crippen molar-refractivity contribution < 1.29 is 9.53 Å². The minimum Gasteiger partial charge on any atom is -0.495 e. The second-order valence-corrected chi connectivity index (χ2v) is 9.10. The zero-order valence-corrected chi connectivity index (χ0v) is 19.8. The number of pyridine rings is 1. The number of benzene rings is 1. The van der Waals surface area contributed by atoms with E-state index in [0.29, 0.717) is 34.9 Å². The highest BCUT2D eigenvalue weighted by Gasteiger charge is 2.26. The normalized spacial score (nSPS) is 15.2. The number of carbonyl (C=O) groups excluding carboxylic acids is 1. The van der Waals surface area contributed by atoms with Crippen molar-refractivity contribution in [1.29, 1.82) is 5.26 Å². The van der Waals surface area contributed by atoms with Gasteiger partial charge in [-0.25, -0.2) is 4.98 Å². The number of aromatic nitrogens is 2. The van der Waals surface area contributed by atoms with Gasteiger partial charge in [-0.1, -0.05) is 0 Å². The molecular weight excluding hydrogens is 414 g/mol. The Hall–Kier alpha value is -3.21. The Morgan fingerprint density at radius 2 is 1.94 bits per heavy atom. The zero-order chi connectivity index (χ0) is 23.5. The van der Waals surface area contributed by atoms with Crippen LogP contribution in [0.1, 0.15) is 34.5 Å². The van der Waals surface area contributed by atoms with Crippen LogP contribution in [-0.4, -0.2) is 72.5 Å². The summed E-state index contributed by atoms with van der Waals surface area (Å²) in [7, 11) is 5.84. The van der Waals surface area contributed by atoms with Crippen LogP contribution in [0.4, 0.5) is 0 Å². The van der Waals surface area contributed by atoms with Crippen LogP contribution >= 0.6 is 0 Å². The summed E-state index contributed by atoms with van der Waals surface area (Å²) in [5.74, 6) is 1.42. The van der Waals surface area contributed by atoms with Crippen LogP contribution in [0.2, 0.25) is 0 Å². The number of likely N-dealkylation sites (tertiary alicyclic amines) is 1. The van der Waals surface area contributed by atoms with Crippen LogP contribution in [0.5, 0.6) is 5.75 Å². The lowest BCUT2D eigenvalue weighted by atomic mass is 9.96. The van der Waals surface area contributed by atoms with Crippen LogP contribution in [0.3, 0.4) is 0 Å². The van der Waals surface area contributed by atoms with Crippen molar-refractivity contribution in [3.05, 3.63) is 53.3 Å². The Kier molecular flexibility index (Phi) is 6.77. The molecule has 0 bridgehead atoms. The number of ether oxygens (including phenoxy) is 1. The van der Waals surface area contributed by atoms with E-state index in [2.05, 4.69) is 34.9 Å². The molecule has 0 N–H and O–H groups in total. The summed E-state index contributed by atoms with van der Waals surface area (Å²) in [4.78, 5) is 22.6. The van der Waals surface area contributed by atoms with Crippen LogP contribution in [0.15, 0.2) is 36.5 Å². The van der Waals surface area contributed by atoms with E-state index in [-0.39, 0.29) is 5.78 Å². The molecular formula is C26H31N5O2. The van der Waals surface area contributed by atoms with Gasteiger partial charge in [0.1, 0.15) is 5.75 Å². The van der Waals surface area contributed by atoms with E-state index in [1.165, 1.54) is 0 Å². The summed E-state index contributed by atoms with van der Waals surface area (Å²) in [5, 5.41) is 9.15.